The Morgan fingerprint density at radius 3 is 2.67 bits per heavy atom. The van der Waals surface area contributed by atoms with Gasteiger partial charge in [0.1, 0.15) is 5.69 Å². The van der Waals surface area contributed by atoms with Gasteiger partial charge in [-0.1, -0.05) is 19.1 Å². The van der Waals surface area contributed by atoms with Gasteiger partial charge >= 0.3 is 0 Å². The number of nitrogens with zero attached hydrogens (tertiary/aromatic N) is 1. The summed E-state index contributed by atoms with van der Waals surface area (Å²) < 4.78 is 0. The van der Waals surface area contributed by atoms with Gasteiger partial charge in [0.15, 0.2) is 0 Å². The molecular weight excluding hydrogens is 232 g/mol. The van der Waals surface area contributed by atoms with E-state index in [-0.39, 0.29) is 5.69 Å². The Morgan fingerprint density at radius 1 is 1.28 bits per heavy atom. The van der Waals surface area contributed by atoms with E-state index in [1.807, 2.05) is 6.92 Å². The van der Waals surface area contributed by atoms with E-state index in [0.717, 1.165) is 5.56 Å². The number of anilines is 1. The average Bonchev–Trinajstić information content (AvgIpc) is 2.44. The summed E-state index contributed by atoms with van der Waals surface area (Å²) in [6, 6.07) is 8.34. The first-order valence-electron chi connectivity index (χ1n) is 5.69. The quantitative estimate of drug-likeness (QED) is 0.569. The van der Waals surface area contributed by atoms with Crippen molar-refractivity contribution in [1.29, 1.82) is 0 Å². The van der Waals surface area contributed by atoms with Crippen LogP contribution in [0.2, 0.25) is 0 Å². The summed E-state index contributed by atoms with van der Waals surface area (Å²) in [7, 11) is 0. The molecule has 0 heterocycles. The van der Waals surface area contributed by atoms with Gasteiger partial charge in [-0.3, -0.25) is 10.7 Å². The lowest BCUT2D eigenvalue weighted by molar-refractivity contribution is 0.174. The molecule has 0 aliphatic heterocycles. The first-order valence-corrected chi connectivity index (χ1v) is 5.69. The molecule has 0 saturated heterocycles. The van der Waals surface area contributed by atoms with Crippen LogP contribution in [0.5, 0.6) is 0 Å². The second kappa shape index (κ2) is 5.12. The summed E-state index contributed by atoms with van der Waals surface area (Å²) in [5.41, 5.74) is 3.59. The molecule has 0 amide bonds. The minimum atomic E-state index is -0.570. The van der Waals surface area contributed by atoms with Crippen molar-refractivity contribution < 1.29 is 10.3 Å². The lowest BCUT2D eigenvalue weighted by atomic mass is 10.00. The number of fused-ring (bicyclic) bond motifs is 1. The molecule has 0 saturated carbocycles. The van der Waals surface area contributed by atoms with E-state index in [0.29, 0.717) is 22.9 Å². The number of aliphatic hydroxyl groups is 1. The van der Waals surface area contributed by atoms with Gasteiger partial charge in [0.05, 0.1) is 11.8 Å². The number of hydrogen-bond acceptors (Lipinski definition) is 5. The molecule has 5 heteroatoms. The Balaban J connectivity index is 2.70. The van der Waals surface area contributed by atoms with E-state index < -0.39 is 6.10 Å². The largest absolute Gasteiger partial charge is 0.388 e. The molecule has 2 aromatic rings. The molecule has 0 aliphatic carbocycles. The monoisotopic (exact) mass is 246 g/mol. The van der Waals surface area contributed by atoms with E-state index >= 15 is 0 Å². The molecule has 0 fully saturated rings. The van der Waals surface area contributed by atoms with Crippen LogP contribution < -0.4 is 5.48 Å². The summed E-state index contributed by atoms with van der Waals surface area (Å²) in [6.45, 7) is 1.87. The van der Waals surface area contributed by atoms with Gasteiger partial charge in [0.2, 0.25) is 0 Å². The number of benzene rings is 2. The van der Waals surface area contributed by atoms with Crippen LogP contribution in [0.15, 0.2) is 35.5 Å². The molecule has 0 aliphatic rings. The highest BCUT2D eigenvalue weighted by Gasteiger charge is 2.10. The second-order valence-corrected chi connectivity index (χ2v) is 4.06. The number of nitrogens with one attached hydrogen (secondary N) is 1. The average molecular weight is 246 g/mol. The Kier molecular flexibility index (Phi) is 3.55. The van der Waals surface area contributed by atoms with Crippen LogP contribution in [0.4, 0.5) is 11.4 Å². The Morgan fingerprint density at radius 2 is 2.06 bits per heavy atom. The number of nitroso groups, excluding NO2 is 1. The van der Waals surface area contributed by atoms with Crippen molar-refractivity contribution in [2.75, 3.05) is 5.48 Å². The van der Waals surface area contributed by atoms with Crippen molar-refractivity contribution in [2.45, 2.75) is 19.4 Å². The lowest BCUT2D eigenvalue weighted by Crippen LogP contribution is -1.96. The maximum absolute atomic E-state index is 10.8. The zero-order chi connectivity index (χ0) is 13.1. The van der Waals surface area contributed by atoms with Gasteiger partial charge in [-0.15, -0.1) is 4.91 Å². The highest BCUT2D eigenvalue weighted by molar-refractivity contribution is 6.01. The summed E-state index contributed by atoms with van der Waals surface area (Å²) in [4.78, 5) is 10.8. The minimum Gasteiger partial charge on any atom is -0.388 e. The van der Waals surface area contributed by atoms with Gasteiger partial charge in [0, 0.05) is 10.8 Å². The van der Waals surface area contributed by atoms with E-state index in [1.54, 1.807) is 24.3 Å². The van der Waals surface area contributed by atoms with Crippen molar-refractivity contribution in [3.8, 4) is 0 Å². The Labute approximate surface area is 104 Å². The van der Waals surface area contributed by atoms with Gasteiger partial charge in [-0.05, 0) is 35.4 Å². The summed E-state index contributed by atoms with van der Waals surface area (Å²) in [5.74, 6) is 0. The molecule has 0 bridgehead atoms. The molecule has 0 radical (unpaired) electrons. The molecule has 0 spiro atoms. The van der Waals surface area contributed by atoms with Crippen LogP contribution in [-0.2, 0) is 0 Å². The summed E-state index contributed by atoms with van der Waals surface area (Å²) >= 11 is 0. The SMILES string of the molecule is CCC(O)c1ccc2c(NO)ccc(N=O)c2c1. The van der Waals surface area contributed by atoms with E-state index in [1.165, 1.54) is 6.07 Å². The predicted molar refractivity (Wildman–Crippen MR) is 70.1 cm³/mol. The van der Waals surface area contributed by atoms with Crippen molar-refractivity contribution in [3.63, 3.8) is 0 Å². The normalized spacial score (nSPS) is 12.4. The maximum Gasteiger partial charge on any atom is 0.115 e. The first-order chi connectivity index (χ1) is 8.71. The van der Waals surface area contributed by atoms with Gasteiger partial charge < -0.3 is 5.11 Å². The standard InChI is InChI=1S/C13H14N2O3/c1-2-13(16)8-3-4-9-10(7-8)12(15-18)6-5-11(9)14-17/h3-7,13-14,16-17H,2H2,1H3. The van der Waals surface area contributed by atoms with Crippen LogP contribution in [0.1, 0.15) is 25.0 Å². The molecule has 3 N–H and O–H groups in total. The summed E-state index contributed by atoms with van der Waals surface area (Å²) in [6.07, 6.45) is 0.0208. The van der Waals surface area contributed by atoms with Gasteiger partial charge in [-0.2, -0.15) is 0 Å². The lowest BCUT2D eigenvalue weighted by Gasteiger charge is -2.11. The van der Waals surface area contributed by atoms with Crippen LogP contribution in [0, 0.1) is 4.91 Å². The smallest absolute Gasteiger partial charge is 0.115 e. The number of rotatable bonds is 4. The summed E-state index contributed by atoms with van der Waals surface area (Å²) in [5, 5.41) is 23.1. The van der Waals surface area contributed by atoms with Crippen LogP contribution in [-0.4, -0.2) is 10.3 Å². The Bertz CT molecular complexity index is 584. The molecule has 18 heavy (non-hydrogen) atoms. The zero-order valence-electron chi connectivity index (χ0n) is 9.92. The second-order valence-electron chi connectivity index (χ2n) is 4.06. The highest BCUT2D eigenvalue weighted by Crippen LogP contribution is 2.33. The molecule has 0 aromatic heterocycles. The molecule has 1 atom stereocenters. The van der Waals surface area contributed by atoms with Gasteiger partial charge in [-0.25, -0.2) is 0 Å². The third-order valence-electron chi connectivity index (χ3n) is 3.01. The van der Waals surface area contributed by atoms with Gasteiger partial charge in [0.25, 0.3) is 0 Å². The number of hydrogen-bond donors (Lipinski definition) is 3. The molecule has 1 unspecified atom stereocenters. The fourth-order valence-corrected chi connectivity index (χ4v) is 1.97. The predicted octanol–water partition coefficient (Wildman–Crippen LogP) is 3.48. The molecule has 5 nitrogen and oxygen atoms in total. The third kappa shape index (κ3) is 2.05. The topological polar surface area (TPSA) is 81.9 Å². The molecule has 2 aromatic carbocycles. The molecule has 2 rings (SSSR count). The van der Waals surface area contributed by atoms with Crippen molar-refractivity contribution in [2.24, 2.45) is 5.18 Å². The van der Waals surface area contributed by atoms with Crippen molar-refractivity contribution in [3.05, 3.63) is 40.8 Å². The van der Waals surface area contributed by atoms with E-state index in [9.17, 15) is 10.0 Å². The highest BCUT2D eigenvalue weighted by atomic mass is 16.5. The molecule has 94 valence electrons. The zero-order valence-corrected chi connectivity index (χ0v) is 9.92. The minimum absolute atomic E-state index is 0.286. The van der Waals surface area contributed by atoms with Crippen LogP contribution >= 0.6 is 0 Å². The maximum atomic E-state index is 10.8. The fourth-order valence-electron chi connectivity index (χ4n) is 1.97. The number of aliphatic hydroxyl groups excluding tert-OH is 1. The fraction of sp³-hybridized carbons (Fsp3) is 0.231. The van der Waals surface area contributed by atoms with Crippen molar-refractivity contribution in [1.82, 2.24) is 0 Å². The first kappa shape index (κ1) is 12.5. The van der Waals surface area contributed by atoms with Crippen LogP contribution in [0.25, 0.3) is 10.8 Å². The van der Waals surface area contributed by atoms with E-state index in [2.05, 4.69) is 10.7 Å². The third-order valence-corrected chi connectivity index (χ3v) is 3.01. The Hall–Kier alpha value is -1.98. The molecular formula is C13H14N2O3. The van der Waals surface area contributed by atoms with Crippen LogP contribution in [0.3, 0.4) is 0 Å². The van der Waals surface area contributed by atoms with E-state index in [4.69, 9.17) is 5.21 Å². The van der Waals surface area contributed by atoms with Crippen molar-refractivity contribution >= 4 is 22.1 Å².